The van der Waals surface area contributed by atoms with Crippen molar-refractivity contribution in [3.05, 3.63) is 63.0 Å². The minimum Gasteiger partial charge on any atom is -0.500 e. The summed E-state index contributed by atoms with van der Waals surface area (Å²) in [6, 6.07) is 10.8. The third kappa shape index (κ3) is 4.44. The number of nitro benzene ring substituents is 1. The molecule has 0 aliphatic carbocycles. The van der Waals surface area contributed by atoms with Gasteiger partial charge in [-0.15, -0.1) is 11.3 Å². The van der Waals surface area contributed by atoms with Crippen molar-refractivity contribution in [3.63, 3.8) is 0 Å². The molecule has 144 valence electrons. The number of thiazole rings is 1. The maximum absolute atomic E-state index is 11.1. The van der Waals surface area contributed by atoms with E-state index in [0.29, 0.717) is 10.7 Å². The highest BCUT2D eigenvalue weighted by Crippen LogP contribution is 2.36. The normalized spacial score (nSPS) is 10.9. The number of hydrogen-bond acceptors (Lipinski definition) is 8. The average Bonchev–Trinajstić information content (AvgIpc) is 3.13. The molecule has 2 aromatic carbocycles. The summed E-state index contributed by atoms with van der Waals surface area (Å²) in [4.78, 5) is 14.9. The van der Waals surface area contributed by atoms with Crippen LogP contribution in [0.3, 0.4) is 0 Å². The Balaban J connectivity index is 1.76. The van der Waals surface area contributed by atoms with Crippen molar-refractivity contribution in [3.8, 4) is 22.8 Å². The summed E-state index contributed by atoms with van der Waals surface area (Å²) in [6.07, 6.45) is 1.40. The molecular formula is C19H18N4O4S. The highest BCUT2D eigenvalue weighted by molar-refractivity contribution is 7.14. The fourth-order valence-electron chi connectivity index (χ4n) is 2.44. The van der Waals surface area contributed by atoms with Crippen molar-refractivity contribution in [1.82, 2.24) is 4.98 Å². The number of nitrogens with zero attached hydrogens (tertiary/aromatic N) is 3. The maximum Gasteiger partial charge on any atom is 0.315 e. The molecule has 9 heteroatoms. The Morgan fingerprint density at radius 3 is 2.79 bits per heavy atom. The Kier molecular flexibility index (Phi) is 5.85. The second-order valence-corrected chi connectivity index (χ2v) is 6.71. The van der Waals surface area contributed by atoms with Crippen molar-refractivity contribution in [2.45, 2.75) is 13.8 Å². The Bertz CT molecular complexity index is 1020. The fourth-order valence-corrected chi connectivity index (χ4v) is 3.11. The number of aryl methyl sites for hydroxylation is 1. The van der Waals surface area contributed by atoms with Crippen molar-refractivity contribution in [2.75, 3.05) is 12.0 Å². The molecule has 0 aliphatic rings. The van der Waals surface area contributed by atoms with E-state index in [9.17, 15) is 15.2 Å². The standard InChI is InChI=1S/C19H18N4O4S/c1-3-27-17-9-13(8-16(18(17)24)23(25)26)10-20-22-19-21-15(11-28-19)14-6-4-12(2)5-7-14/h4-11,24H,3H2,1-2H3,(H,21,22)/b20-10-. The smallest absolute Gasteiger partial charge is 0.315 e. The first-order chi connectivity index (χ1) is 13.5. The molecule has 3 rings (SSSR count). The molecule has 0 bridgehead atoms. The van der Waals surface area contributed by atoms with E-state index >= 15 is 0 Å². The van der Waals surface area contributed by atoms with Crippen LogP contribution in [0.4, 0.5) is 10.8 Å². The molecule has 0 saturated heterocycles. The summed E-state index contributed by atoms with van der Waals surface area (Å²) >= 11 is 1.40. The lowest BCUT2D eigenvalue weighted by atomic mass is 10.1. The molecule has 0 aliphatic heterocycles. The third-order valence-electron chi connectivity index (χ3n) is 3.80. The molecule has 0 spiro atoms. The zero-order chi connectivity index (χ0) is 20.1. The predicted octanol–water partition coefficient (Wildman–Crippen LogP) is 4.58. The molecule has 1 aromatic heterocycles. The first kappa shape index (κ1) is 19.3. The number of anilines is 1. The third-order valence-corrected chi connectivity index (χ3v) is 4.55. The van der Waals surface area contributed by atoms with Gasteiger partial charge in [0, 0.05) is 22.6 Å². The molecular weight excluding hydrogens is 380 g/mol. The number of ether oxygens (including phenoxy) is 1. The topological polar surface area (TPSA) is 110 Å². The highest BCUT2D eigenvalue weighted by Gasteiger charge is 2.19. The average molecular weight is 398 g/mol. The van der Waals surface area contributed by atoms with Crippen LogP contribution in [0.15, 0.2) is 46.9 Å². The van der Waals surface area contributed by atoms with Crippen molar-refractivity contribution in [2.24, 2.45) is 5.10 Å². The van der Waals surface area contributed by atoms with Gasteiger partial charge >= 0.3 is 5.69 Å². The number of phenolic OH excluding ortho intramolecular Hbond substituents is 1. The van der Waals surface area contributed by atoms with Gasteiger partial charge in [-0.25, -0.2) is 4.98 Å². The van der Waals surface area contributed by atoms with Crippen LogP contribution in [0.25, 0.3) is 11.3 Å². The van der Waals surface area contributed by atoms with Crippen LogP contribution in [0, 0.1) is 17.0 Å². The Morgan fingerprint density at radius 1 is 1.36 bits per heavy atom. The number of aromatic hydroxyl groups is 1. The Labute approximate surface area is 165 Å². The Morgan fingerprint density at radius 2 is 2.11 bits per heavy atom. The lowest BCUT2D eigenvalue weighted by molar-refractivity contribution is -0.386. The molecule has 0 fully saturated rings. The molecule has 0 saturated carbocycles. The van der Waals surface area contributed by atoms with Gasteiger partial charge in [-0.05, 0) is 19.9 Å². The van der Waals surface area contributed by atoms with Gasteiger partial charge in [0.1, 0.15) is 0 Å². The minimum atomic E-state index is -0.669. The quantitative estimate of drug-likeness (QED) is 0.342. The van der Waals surface area contributed by atoms with Crippen LogP contribution >= 0.6 is 11.3 Å². The first-order valence-electron chi connectivity index (χ1n) is 8.43. The van der Waals surface area contributed by atoms with E-state index < -0.39 is 16.4 Å². The number of benzene rings is 2. The van der Waals surface area contributed by atoms with Gasteiger partial charge < -0.3 is 9.84 Å². The van der Waals surface area contributed by atoms with Gasteiger partial charge in [0.2, 0.25) is 10.9 Å². The summed E-state index contributed by atoms with van der Waals surface area (Å²) in [5.41, 5.74) is 5.81. The number of nitrogens with one attached hydrogen (secondary N) is 1. The summed E-state index contributed by atoms with van der Waals surface area (Å²) in [6.45, 7) is 4.02. The number of rotatable bonds is 7. The zero-order valence-corrected chi connectivity index (χ0v) is 16.1. The molecule has 28 heavy (non-hydrogen) atoms. The molecule has 0 radical (unpaired) electrons. The second-order valence-electron chi connectivity index (χ2n) is 5.85. The van der Waals surface area contributed by atoms with E-state index in [1.54, 1.807) is 6.92 Å². The summed E-state index contributed by atoms with van der Waals surface area (Å²) < 4.78 is 5.25. The highest BCUT2D eigenvalue weighted by atomic mass is 32.1. The van der Waals surface area contributed by atoms with Gasteiger partial charge in [0.05, 0.1) is 23.4 Å². The van der Waals surface area contributed by atoms with Crippen LogP contribution in [0.2, 0.25) is 0 Å². The van der Waals surface area contributed by atoms with Crippen LogP contribution < -0.4 is 10.2 Å². The number of nitro groups is 1. The molecule has 0 amide bonds. The van der Waals surface area contributed by atoms with Gasteiger partial charge in [-0.1, -0.05) is 29.8 Å². The monoisotopic (exact) mass is 398 g/mol. The van der Waals surface area contributed by atoms with E-state index in [2.05, 4.69) is 15.5 Å². The van der Waals surface area contributed by atoms with Crippen LogP contribution in [0.5, 0.6) is 11.5 Å². The van der Waals surface area contributed by atoms with Gasteiger partial charge in [-0.3, -0.25) is 15.5 Å². The second kappa shape index (κ2) is 8.49. The summed E-state index contributed by atoms with van der Waals surface area (Å²) in [7, 11) is 0. The van der Waals surface area contributed by atoms with E-state index in [0.717, 1.165) is 11.3 Å². The van der Waals surface area contributed by atoms with Crippen LogP contribution in [0.1, 0.15) is 18.1 Å². The molecule has 8 nitrogen and oxygen atoms in total. The SMILES string of the molecule is CCOc1cc(/C=N\Nc2nc(-c3ccc(C)cc3)cs2)cc([N+](=O)[O-])c1O. The number of hydrazone groups is 1. The number of aromatic nitrogens is 1. The van der Waals surface area contributed by atoms with Crippen LogP contribution in [-0.2, 0) is 0 Å². The van der Waals surface area contributed by atoms with Crippen LogP contribution in [-0.4, -0.2) is 27.8 Å². The molecule has 3 aromatic rings. The molecule has 2 N–H and O–H groups in total. The van der Waals surface area contributed by atoms with E-state index in [1.165, 1.54) is 35.2 Å². The lowest BCUT2D eigenvalue weighted by Gasteiger charge is -2.07. The van der Waals surface area contributed by atoms with E-state index in [-0.39, 0.29) is 12.4 Å². The van der Waals surface area contributed by atoms with Crippen molar-refractivity contribution < 1.29 is 14.8 Å². The maximum atomic E-state index is 11.1. The molecule has 0 unspecified atom stereocenters. The largest absolute Gasteiger partial charge is 0.500 e. The van der Waals surface area contributed by atoms with Gasteiger partial charge in [-0.2, -0.15) is 5.10 Å². The van der Waals surface area contributed by atoms with Crippen molar-refractivity contribution >= 4 is 28.4 Å². The molecule has 1 heterocycles. The summed E-state index contributed by atoms with van der Waals surface area (Å²) in [5.74, 6) is -0.464. The fraction of sp³-hybridized carbons (Fsp3) is 0.158. The zero-order valence-electron chi connectivity index (χ0n) is 15.2. The molecule has 0 atom stereocenters. The summed E-state index contributed by atoms with van der Waals surface area (Å²) in [5, 5.41) is 27.6. The minimum absolute atomic E-state index is 0.0362. The number of hydrogen-bond donors (Lipinski definition) is 2. The van der Waals surface area contributed by atoms with Gasteiger partial charge in [0.25, 0.3) is 0 Å². The van der Waals surface area contributed by atoms with E-state index in [4.69, 9.17) is 4.74 Å². The van der Waals surface area contributed by atoms with Crippen molar-refractivity contribution in [1.29, 1.82) is 0 Å². The predicted molar refractivity (Wildman–Crippen MR) is 109 cm³/mol. The lowest BCUT2D eigenvalue weighted by Crippen LogP contribution is -1.98. The number of phenols is 1. The Hall–Kier alpha value is -3.46. The van der Waals surface area contributed by atoms with Gasteiger partial charge in [0.15, 0.2) is 5.75 Å². The van der Waals surface area contributed by atoms with E-state index in [1.807, 2.05) is 36.6 Å². The first-order valence-corrected chi connectivity index (χ1v) is 9.31.